The first-order valence-electron chi connectivity index (χ1n) is 11.6. The van der Waals surface area contributed by atoms with Crippen LogP contribution in [0.1, 0.15) is 80.9 Å². The molecule has 6 heteroatoms. The van der Waals surface area contributed by atoms with Gasteiger partial charge in [0.25, 0.3) is 0 Å². The highest BCUT2D eigenvalue weighted by Crippen LogP contribution is 2.35. The second kappa shape index (κ2) is 9.41. The van der Waals surface area contributed by atoms with Gasteiger partial charge in [0.05, 0.1) is 19.1 Å². The van der Waals surface area contributed by atoms with Crippen molar-refractivity contribution in [2.75, 3.05) is 38.3 Å². The number of hydrogen-bond acceptors (Lipinski definition) is 5. The van der Waals surface area contributed by atoms with Crippen molar-refractivity contribution >= 4 is 11.7 Å². The van der Waals surface area contributed by atoms with Crippen molar-refractivity contribution in [3.8, 4) is 0 Å². The highest BCUT2D eigenvalue weighted by molar-refractivity contribution is 5.77. The van der Waals surface area contributed by atoms with Crippen molar-refractivity contribution < 1.29 is 9.53 Å². The van der Waals surface area contributed by atoms with Gasteiger partial charge in [0.2, 0.25) is 5.91 Å². The first-order valence-corrected chi connectivity index (χ1v) is 11.6. The second-order valence-corrected chi connectivity index (χ2v) is 9.01. The Bertz CT molecular complexity index is 717. The maximum absolute atomic E-state index is 12.7. The zero-order valence-corrected chi connectivity index (χ0v) is 18.2. The molecule has 1 aromatic heterocycles. The summed E-state index contributed by atoms with van der Waals surface area (Å²) in [6.45, 7) is 5.63. The summed E-state index contributed by atoms with van der Waals surface area (Å²) in [6, 6.07) is 0.0156. The van der Waals surface area contributed by atoms with E-state index in [1.165, 1.54) is 44.1 Å². The van der Waals surface area contributed by atoms with Gasteiger partial charge in [-0.05, 0) is 51.4 Å². The van der Waals surface area contributed by atoms with Crippen LogP contribution in [0.15, 0.2) is 0 Å². The summed E-state index contributed by atoms with van der Waals surface area (Å²) in [5.74, 6) is 2.96. The summed E-state index contributed by atoms with van der Waals surface area (Å²) in [6.07, 6.45) is 11.5. The molecule has 6 nitrogen and oxygen atoms in total. The minimum Gasteiger partial charge on any atom is -0.384 e. The predicted octanol–water partition coefficient (Wildman–Crippen LogP) is 3.82. The van der Waals surface area contributed by atoms with Crippen LogP contribution in [0.4, 0.5) is 5.82 Å². The van der Waals surface area contributed by atoms with Gasteiger partial charge in [0.1, 0.15) is 5.82 Å². The van der Waals surface area contributed by atoms with Gasteiger partial charge in [-0.2, -0.15) is 0 Å². The Labute approximate surface area is 175 Å². The number of carbonyl (C=O) groups excluding carboxylic acids is 1. The van der Waals surface area contributed by atoms with Crippen molar-refractivity contribution in [2.45, 2.75) is 77.2 Å². The minimum atomic E-state index is 0.0156. The molecule has 1 aromatic rings. The third kappa shape index (κ3) is 4.57. The molecule has 4 rings (SSSR count). The average molecular weight is 401 g/mol. The molecule has 0 unspecified atom stereocenters. The van der Waals surface area contributed by atoms with Gasteiger partial charge >= 0.3 is 0 Å². The lowest BCUT2D eigenvalue weighted by atomic mass is 9.88. The topological polar surface area (TPSA) is 58.6 Å². The van der Waals surface area contributed by atoms with Crippen molar-refractivity contribution in [1.29, 1.82) is 0 Å². The molecule has 0 radical (unpaired) electrons. The van der Waals surface area contributed by atoms with Crippen molar-refractivity contribution in [3.05, 3.63) is 17.1 Å². The fourth-order valence-corrected chi connectivity index (χ4v) is 5.38. The molecule has 2 aliphatic heterocycles. The monoisotopic (exact) mass is 400 g/mol. The fourth-order valence-electron chi connectivity index (χ4n) is 5.38. The van der Waals surface area contributed by atoms with Crippen LogP contribution in [0, 0.1) is 12.8 Å². The largest absolute Gasteiger partial charge is 0.384 e. The molecule has 0 N–H and O–H groups in total. The molecular weight excluding hydrogens is 364 g/mol. The molecule has 3 aliphatic rings. The van der Waals surface area contributed by atoms with E-state index in [4.69, 9.17) is 14.7 Å². The lowest BCUT2D eigenvalue weighted by Gasteiger charge is -2.35. The van der Waals surface area contributed by atoms with Crippen LogP contribution in [-0.4, -0.2) is 54.1 Å². The van der Waals surface area contributed by atoms with E-state index < -0.39 is 0 Å². The lowest BCUT2D eigenvalue weighted by molar-refractivity contribution is -0.133. The second-order valence-electron chi connectivity index (χ2n) is 9.01. The van der Waals surface area contributed by atoms with Crippen LogP contribution in [0.3, 0.4) is 0 Å². The molecule has 0 bridgehead atoms. The first kappa shape index (κ1) is 20.6. The average Bonchev–Trinajstić information content (AvgIpc) is 3.23. The van der Waals surface area contributed by atoms with E-state index in [1.807, 2.05) is 4.90 Å². The van der Waals surface area contributed by atoms with Crippen molar-refractivity contribution in [1.82, 2.24) is 14.9 Å². The highest BCUT2D eigenvalue weighted by atomic mass is 16.5. The number of methoxy groups -OCH3 is 1. The summed E-state index contributed by atoms with van der Waals surface area (Å²) in [7, 11) is 1.64. The summed E-state index contributed by atoms with van der Waals surface area (Å²) in [5, 5.41) is 0. The Kier molecular flexibility index (Phi) is 6.68. The van der Waals surface area contributed by atoms with Crippen molar-refractivity contribution in [2.24, 2.45) is 5.92 Å². The molecular formula is C23H36N4O2. The van der Waals surface area contributed by atoms with Crippen molar-refractivity contribution in [3.63, 3.8) is 0 Å². The van der Waals surface area contributed by atoms with E-state index in [9.17, 15) is 4.79 Å². The van der Waals surface area contributed by atoms with Gasteiger partial charge < -0.3 is 14.5 Å². The van der Waals surface area contributed by atoms with E-state index in [-0.39, 0.29) is 11.9 Å². The summed E-state index contributed by atoms with van der Waals surface area (Å²) in [5.41, 5.74) is 2.43. The van der Waals surface area contributed by atoms with E-state index in [0.717, 1.165) is 62.2 Å². The highest BCUT2D eigenvalue weighted by Gasteiger charge is 2.34. The molecule has 2 fully saturated rings. The Balaban J connectivity index is 1.56. The van der Waals surface area contributed by atoms with E-state index in [1.54, 1.807) is 7.11 Å². The normalized spacial score (nSPS) is 22.8. The van der Waals surface area contributed by atoms with E-state index in [2.05, 4.69) is 11.8 Å². The predicted molar refractivity (Wildman–Crippen MR) is 114 cm³/mol. The number of hydrogen-bond donors (Lipinski definition) is 0. The van der Waals surface area contributed by atoms with E-state index >= 15 is 0 Å². The van der Waals surface area contributed by atoms with Crippen LogP contribution in [0.5, 0.6) is 0 Å². The number of anilines is 1. The van der Waals surface area contributed by atoms with Gasteiger partial charge in [0, 0.05) is 38.0 Å². The SMILES string of the molecule is COCCC(=O)N1CCC[C@H]1c1nc(C)c2c(n1)N(CC1CCCCC1)CCC2. The summed E-state index contributed by atoms with van der Waals surface area (Å²) < 4.78 is 5.11. The van der Waals surface area contributed by atoms with Gasteiger partial charge in [-0.15, -0.1) is 0 Å². The molecule has 1 atom stereocenters. The molecule has 1 saturated carbocycles. The third-order valence-corrected chi connectivity index (χ3v) is 6.96. The van der Waals surface area contributed by atoms with Crippen LogP contribution in [0.2, 0.25) is 0 Å². The van der Waals surface area contributed by atoms with Gasteiger partial charge in [-0.3, -0.25) is 4.79 Å². The lowest BCUT2D eigenvalue weighted by Crippen LogP contribution is -2.37. The smallest absolute Gasteiger partial charge is 0.225 e. The maximum Gasteiger partial charge on any atom is 0.225 e. The van der Waals surface area contributed by atoms with Crippen LogP contribution < -0.4 is 4.90 Å². The molecule has 160 valence electrons. The molecule has 29 heavy (non-hydrogen) atoms. The van der Waals surface area contributed by atoms with Gasteiger partial charge in [-0.25, -0.2) is 9.97 Å². The first-order chi connectivity index (χ1) is 14.2. The number of rotatable bonds is 6. The third-order valence-electron chi connectivity index (χ3n) is 6.96. The standard InChI is InChI=1S/C23H36N4O2/c1-17-19-10-6-13-26(16-18-8-4-3-5-9-18)23(19)25-22(24-17)20-11-7-14-27(20)21(28)12-15-29-2/h18,20H,3-16H2,1-2H3/t20-/m0/s1. The number of carbonyl (C=O) groups is 1. The zero-order chi connectivity index (χ0) is 20.2. The molecule has 3 heterocycles. The number of aromatic nitrogens is 2. The van der Waals surface area contributed by atoms with Gasteiger partial charge in [0.15, 0.2) is 5.82 Å². The number of nitrogens with zero attached hydrogens (tertiary/aromatic N) is 4. The molecule has 1 saturated heterocycles. The Hall–Kier alpha value is -1.69. The number of fused-ring (bicyclic) bond motifs is 1. The number of ether oxygens (including phenoxy) is 1. The molecule has 0 spiro atoms. The maximum atomic E-state index is 12.7. The molecule has 0 aromatic carbocycles. The number of likely N-dealkylation sites (tertiary alicyclic amines) is 1. The van der Waals surface area contributed by atoms with E-state index in [0.29, 0.717) is 13.0 Å². The minimum absolute atomic E-state index is 0.0156. The fraction of sp³-hybridized carbons (Fsp3) is 0.783. The zero-order valence-electron chi connectivity index (χ0n) is 18.2. The Morgan fingerprint density at radius 1 is 1.07 bits per heavy atom. The molecule has 1 amide bonds. The summed E-state index contributed by atoms with van der Waals surface area (Å²) >= 11 is 0. The Morgan fingerprint density at radius 3 is 2.69 bits per heavy atom. The molecule has 1 aliphatic carbocycles. The van der Waals surface area contributed by atoms with Crippen LogP contribution in [0.25, 0.3) is 0 Å². The number of amides is 1. The summed E-state index contributed by atoms with van der Waals surface area (Å²) in [4.78, 5) is 27.2. The quantitative estimate of drug-likeness (QED) is 0.727. The Morgan fingerprint density at radius 2 is 1.90 bits per heavy atom. The van der Waals surface area contributed by atoms with Crippen LogP contribution >= 0.6 is 0 Å². The number of aryl methyl sites for hydroxylation is 1. The van der Waals surface area contributed by atoms with Crippen LogP contribution in [-0.2, 0) is 16.0 Å². The van der Waals surface area contributed by atoms with Gasteiger partial charge in [-0.1, -0.05) is 19.3 Å².